The fraction of sp³-hybridized carbons (Fsp3) is 0.316. The number of rotatable bonds is 6. The van der Waals surface area contributed by atoms with Crippen LogP contribution in [0.25, 0.3) is 0 Å². The Morgan fingerprint density at radius 3 is 2.38 bits per heavy atom. The van der Waals surface area contributed by atoms with Gasteiger partial charge in [0.05, 0.1) is 0 Å². The number of benzene rings is 1. The fourth-order valence-electron chi connectivity index (χ4n) is 2.74. The van der Waals surface area contributed by atoms with Crippen LogP contribution in [0, 0.1) is 0 Å². The van der Waals surface area contributed by atoms with E-state index in [1.807, 2.05) is 12.1 Å². The summed E-state index contributed by atoms with van der Waals surface area (Å²) in [6.45, 7) is 2.11. The first-order chi connectivity index (χ1) is 11.6. The van der Waals surface area contributed by atoms with Crippen LogP contribution < -0.4 is 5.32 Å². The molecule has 1 aromatic heterocycles. The molecule has 1 aromatic carbocycles. The molecule has 5 heteroatoms. The smallest absolute Gasteiger partial charge is 0.287 e. The highest BCUT2D eigenvalue weighted by atomic mass is 32.2. The van der Waals surface area contributed by atoms with Crippen LogP contribution >= 0.6 is 11.8 Å². The van der Waals surface area contributed by atoms with E-state index < -0.39 is 6.04 Å². The van der Waals surface area contributed by atoms with Gasteiger partial charge in [0.1, 0.15) is 6.04 Å². The molecule has 1 fully saturated rings. The Labute approximate surface area is 146 Å². The minimum Gasteiger partial charge on any atom is -0.335 e. The van der Waals surface area contributed by atoms with Gasteiger partial charge in [0.15, 0.2) is 0 Å². The summed E-state index contributed by atoms with van der Waals surface area (Å²) in [5, 5.41) is 2.35. The lowest BCUT2D eigenvalue weighted by atomic mass is 10.0. The second-order valence-corrected chi connectivity index (χ2v) is 6.88. The summed E-state index contributed by atoms with van der Waals surface area (Å²) in [6, 6.07) is 14.0. The first kappa shape index (κ1) is 16.7. The molecule has 2 aromatic rings. The summed E-state index contributed by atoms with van der Waals surface area (Å²) in [6.07, 6.45) is 3.37. The first-order valence-electron chi connectivity index (χ1n) is 8.19. The monoisotopic (exact) mass is 340 g/mol. The van der Waals surface area contributed by atoms with Crippen molar-refractivity contribution in [2.75, 3.05) is 0 Å². The number of carbonyl (C=O) groups is 2. The zero-order valence-electron chi connectivity index (χ0n) is 13.6. The number of nitrogens with zero attached hydrogens (tertiary/aromatic N) is 1. The van der Waals surface area contributed by atoms with E-state index in [0.717, 1.165) is 48.0 Å². The molecule has 1 N–H and O–H groups in total. The van der Waals surface area contributed by atoms with Crippen LogP contribution in [0.4, 0.5) is 4.79 Å². The van der Waals surface area contributed by atoms with Crippen molar-refractivity contribution in [3.8, 4) is 0 Å². The molecule has 1 atom stereocenters. The minimum atomic E-state index is -0.394. The van der Waals surface area contributed by atoms with E-state index in [2.05, 4.69) is 47.6 Å². The average molecular weight is 340 g/mol. The molecule has 1 aliphatic rings. The summed E-state index contributed by atoms with van der Waals surface area (Å²) in [5.74, 6) is 0. The summed E-state index contributed by atoms with van der Waals surface area (Å²) >= 11 is 0.764. The summed E-state index contributed by atoms with van der Waals surface area (Å²) in [7, 11) is 0. The van der Waals surface area contributed by atoms with E-state index >= 15 is 0 Å². The van der Waals surface area contributed by atoms with Gasteiger partial charge in [-0.15, -0.1) is 0 Å². The number of carbonyl (C=O) groups excluding carboxylic acids is 2. The molecule has 0 bridgehead atoms. The van der Waals surface area contributed by atoms with E-state index in [-0.39, 0.29) is 10.4 Å². The van der Waals surface area contributed by atoms with Crippen LogP contribution in [-0.2, 0) is 30.5 Å². The third-order valence-electron chi connectivity index (χ3n) is 4.13. The topological polar surface area (TPSA) is 59.1 Å². The van der Waals surface area contributed by atoms with Gasteiger partial charge in [-0.05, 0) is 42.5 Å². The number of pyridine rings is 1. The van der Waals surface area contributed by atoms with Gasteiger partial charge >= 0.3 is 0 Å². The minimum absolute atomic E-state index is 0.0917. The second-order valence-electron chi connectivity index (χ2n) is 5.90. The Hall–Kier alpha value is -2.14. The largest absolute Gasteiger partial charge is 0.335 e. The van der Waals surface area contributed by atoms with Crippen molar-refractivity contribution in [1.82, 2.24) is 10.3 Å². The number of aromatic nitrogens is 1. The number of nitrogens with one attached hydrogen (secondary N) is 1. The predicted octanol–water partition coefficient (Wildman–Crippen LogP) is 3.32. The molecule has 24 heavy (non-hydrogen) atoms. The van der Waals surface area contributed by atoms with E-state index in [4.69, 9.17) is 0 Å². The fourth-order valence-corrected chi connectivity index (χ4v) is 3.41. The SMILES string of the molecule is CCc1cccc(CCc2ccc(CC3NC(=O)SC3=O)cc2)n1. The van der Waals surface area contributed by atoms with Crippen LogP contribution in [-0.4, -0.2) is 21.4 Å². The Bertz CT molecular complexity index is 743. The normalized spacial score (nSPS) is 17.1. The quantitative estimate of drug-likeness (QED) is 0.876. The van der Waals surface area contributed by atoms with Crippen molar-refractivity contribution in [2.45, 2.75) is 38.6 Å². The van der Waals surface area contributed by atoms with Gasteiger partial charge in [0, 0.05) is 29.6 Å². The van der Waals surface area contributed by atoms with E-state index in [1.54, 1.807) is 0 Å². The Morgan fingerprint density at radius 1 is 1.00 bits per heavy atom. The standard InChI is InChI=1S/C19H20N2O2S/c1-2-15-4-3-5-16(20-15)11-10-13-6-8-14(9-7-13)12-17-18(22)24-19(23)21-17/h3-9,17H,2,10-12H2,1H3,(H,21,23). The summed E-state index contributed by atoms with van der Waals surface area (Å²) in [4.78, 5) is 27.5. The lowest BCUT2D eigenvalue weighted by Gasteiger charge is -2.09. The van der Waals surface area contributed by atoms with Gasteiger partial charge in [-0.3, -0.25) is 14.6 Å². The number of hydrogen-bond donors (Lipinski definition) is 1. The van der Waals surface area contributed by atoms with Crippen molar-refractivity contribution < 1.29 is 9.59 Å². The van der Waals surface area contributed by atoms with Gasteiger partial charge in [0.2, 0.25) is 5.12 Å². The highest BCUT2D eigenvalue weighted by Crippen LogP contribution is 2.19. The van der Waals surface area contributed by atoms with E-state index in [9.17, 15) is 9.59 Å². The van der Waals surface area contributed by atoms with Crippen molar-refractivity contribution in [1.29, 1.82) is 0 Å². The van der Waals surface area contributed by atoms with Gasteiger partial charge < -0.3 is 5.32 Å². The maximum Gasteiger partial charge on any atom is 0.287 e. The molecule has 2 heterocycles. The van der Waals surface area contributed by atoms with Crippen molar-refractivity contribution in [3.05, 3.63) is 65.0 Å². The van der Waals surface area contributed by atoms with Crippen LogP contribution in [0.5, 0.6) is 0 Å². The average Bonchev–Trinajstić information content (AvgIpc) is 2.91. The van der Waals surface area contributed by atoms with Gasteiger partial charge in [0.25, 0.3) is 5.24 Å². The summed E-state index contributed by atoms with van der Waals surface area (Å²) < 4.78 is 0. The molecule has 1 unspecified atom stereocenters. The Balaban J connectivity index is 1.56. The number of hydrogen-bond acceptors (Lipinski definition) is 4. The molecule has 0 aliphatic carbocycles. The third-order valence-corrected chi connectivity index (χ3v) is 4.92. The molecular weight excluding hydrogens is 320 g/mol. The summed E-state index contributed by atoms with van der Waals surface area (Å²) in [5.41, 5.74) is 4.56. The Kier molecular flexibility index (Phi) is 5.30. The zero-order valence-corrected chi connectivity index (χ0v) is 14.4. The second kappa shape index (κ2) is 7.62. The number of thioether (sulfide) groups is 1. The number of amides is 1. The molecule has 1 aliphatic heterocycles. The first-order valence-corrected chi connectivity index (χ1v) is 9.00. The predicted molar refractivity (Wildman–Crippen MR) is 96.1 cm³/mol. The molecule has 124 valence electrons. The third kappa shape index (κ3) is 4.23. The van der Waals surface area contributed by atoms with E-state index in [0.29, 0.717) is 6.42 Å². The van der Waals surface area contributed by atoms with Crippen LogP contribution in [0.3, 0.4) is 0 Å². The van der Waals surface area contributed by atoms with Crippen molar-refractivity contribution in [3.63, 3.8) is 0 Å². The van der Waals surface area contributed by atoms with Gasteiger partial charge in [-0.2, -0.15) is 0 Å². The molecule has 1 amide bonds. The molecule has 0 spiro atoms. The molecular formula is C19H20N2O2S. The van der Waals surface area contributed by atoms with Crippen LogP contribution in [0.2, 0.25) is 0 Å². The van der Waals surface area contributed by atoms with Crippen LogP contribution in [0.1, 0.15) is 29.4 Å². The zero-order chi connectivity index (χ0) is 16.9. The maximum atomic E-state index is 11.6. The number of aryl methyl sites for hydroxylation is 3. The lowest BCUT2D eigenvalue weighted by molar-refractivity contribution is -0.112. The maximum absolute atomic E-state index is 11.6. The van der Waals surface area contributed by atoms with Crippen LogP contribution in [0.15, 0.2) is 42.5 Å². The molecule has 0 radical (unpaired) electrons. The van der Waals surface area contributed by atoms with Gasteiger partial charge in [-0.25, -0.2) is 0 Å². The Morgan fingerprint density at radius 2 is 1.71 bits per heavy atom. The van der Waals surface area contributed by atoms with Gasteiger partial charge in [-0.1, -0.05) is 37.3 Å². The molecule has 3 rings (SSSR count). The molecule has 0 saturated carbocycles. The van der Waals surface area contributed by atoms with Crippen molar-refractivity contribution in [2.24, 2.45) is 0 Å². The lowest BCUT2D eigenvalue weighted by Crippen LogP contribution is -2.30. The molecule has 1 saturated heterocycles. The molecule has 4 nitrogen and oxygen atoms in total. The van der Waals surface area contributed by atoms with Crippen molar-refractivity contribution >= 4 is 22.1 Å². The highest BCUT2D eigenvalue weighted by molar-refractivity contribution is 8.26. The van der Waals surface area contributed by atoms with E-state index in [1.165, 1.54) is 5.56 Å². The highest BCUT2D eigenvalue weighted by Gasteiger charge is 2.31.